The van der Waals surface area contributed by atoms with E-state index in [4.69, 9.17) is 20.0 Å². The van der Waals surface area contributed by atoms with Gasteiger partial charge in [0.05, 0.1) is 0 Å². The molecule has 0 bridgehead atoms. The van der Waals surface area contributed by atoms with Gasteiger partial charge in [0.25, 0.3) is 0 Å². The molecule has 5 heteroatoms. The molecule has 2 saturated carbocycles. The highest BCUT2D eigenvalue weighted by Crippen LogP contribution is 2.42. The Balaban J connectivity index is 1.81. The maximum absolute atomic E-state index is 6.02. The van der Waals surface area contributed by atoms with Gasteiger partial charge in [-0.1, -0.05) is 18.0 Å². The number of nitrogens with two attached hydrogens (primary N) is 1. The van der Waals surface area contributed by atoms with Crippen molar-refractivity contribution < 1.29 is 9.26 Å². The van der Waals surface area contributed by atoms with Crippen LogP contribution in [0.4, 0.5) is 0 Å². The van der Waals surface area contributed by atoms with E-state index in [1.165, 1.54) is 32.1 Å². The Morgan fingerprint density at radius 2 is 2.00 bits per heavy atom. The summed E-state index contributed by atoms with van der Waals surface area (Å²) in [5.74, 6) is 2.37. The number of ether oxygens (including phenoxy) is 1. The number of hydrogen-bond acceptors (Lipinski definition) is 5. The predicted octanol–water partition coefficient (Wildman–Crippen LogP) is 3.11. The molecule has 21 heavy (non-hydrogen) atoms. The Morgan fingerprint density at radius 3 is 2.71 bits per heavy atom. The van der Waals surface area contributed by atoms with Crippen molar-refractivity contribution in [3.8, 4) is 0 Å². The first-order valence-corrected chi connectivity index (χ1v) is 8.47. The van der Waals surface area contributed by atoms with E-state index in [-0.39, 0.29) is 5.60 Å². The lowest BCUT2D eigenvalue weighted by Gasteiger charge is -2.28. The lowest BCUT2D eigenvalue weighted by atomic mass is 9.79. The third-order valence-corrected chi connectivity index (χ3v) is 5.21. The van der Waals surface area contributed by atoms with Crippen LogP contribution >= 0.6 is 0 Å². The Kier molecular flexibility index (Phi) is 4.60. The second-order valence-electron chi connectivity index (χ2n) is 6.48. The van der Waals surface area contributed by atoms with Crippen molar-refractivity contribution in [2.75, 3.05) is 13.2 Å². The second kappa shape index (κ2) is 6.44. The van der Waals surface area contributed by atoms with Crippen molar-refractivity contribution in [1.82, 2.24) is 10.1 Å². The zero-order valence-electron chi connectivity index (χ0n) is 13.0. The monoisotopic (exact) mass is 293 g/mol. The minimum Gasteiger partial charge on any atom is -0.367 e. The first-order chi connectivity index (χ1) is 10.3. The van der Waals surface area contributed by atoms with Gasteiger partial charge in [0.1, 0.15) is 5.60 Å². The lowest BCUT2D eigenvalue weighted by molar-refractivity contribution is -0.0469. The van der Waals surface area contributed by atoms with Crippen molar-refractivity contribution >= 4 is 0 Å². The van der Waals surface area contributed by atoms with Crippen LogP contribution in [0, 0.1) is 5.92 Å². The third kappa shape index (κ3) is 2.86. The number of rotatable bonds is 5. The summed E-state index contributed by atoms with van der Waals surface area (Å²) in [7, 11) is 0. The Morgan fingerprint density at radius 1 is 1.24 bits per heavy atom. The van der Waals surface area contributed by atoms with E-state index >= 15 is 0 Å². The average Bonchev–Trinajstić information content (AvgIpc) is 3.17. The van der Waals surface area contributed by atoms with E-state index in [1.54, 1.807) is 0 Å². The van der Waals surface area contributed by atoms with Crippen molar-refractivity contribution in [3.05, 3.63) is 11.7 Å². The van der Waals surface area contributed by atoms with Crippen LogP contribution in [0.5, 0.6) is 0 Å². The summed E-state index contributed by atoms with van der Waals surface area (Å²) in [6.07, 6.45) is 9.16. The van der Waals surface area contributed by atoms with Gasteiger partial charge >= 0.3 is 0 Å². The summed E-state index contributed by atoms with van der Waals surface area (Å²) in [4.78, 5) is 4.75. The van der Waals surface area contributed by atoms with Crippen LogP contribution in [0.25, 0.3) is 0 Å². The van der Waals surface area contributed by atoms with Gasteiger partial charge in [-0.3, -0.25) is 0 Å². The molecule has 2 N–H and O–H groups in total. The molecule has 2 aliphatic carbocycles. The molecule has 0 aromatic carbocycles. The molecule has 5 nitrogen and oxygen atoms in total. The largest absolute Gasteiger partial charge is 0.367 e. The molecule has 0 amide bonds. The second-order valence-corrected chi connectivity index (χ2v) is 6.48. The van der Waals surface area contributed by atoms with E-state index in [1.807, 2.05) is 6.92 Å². The summed E-state index contributed by atoms with van der Waals surface area (Å²) in [5.41, 5.74) is 5.62. The number of hydrogen-bond donors (Lipinski definition) is 1. The lowest BCUT2D eigenvalue weighted by Crippen LogP contribution is -2.28. The van der Waals surface area contributed by atoms with Crippen LogP contribution in [0.1, 0.15) is 75.9 Å². The first-order valence-electron chi connectivity index (χ1n) is 8.47. The van der Waals surface area contributed by atoms with E-state index < -0.39 is 0 Å². The fraction of sp³-hybridized carbons (Fsp3) is 0.875. The Hall–Kier alpha value is -0.940. The molecule has 2 unspecified atom stereocenters. The highest BCUT2D eigenvalue weighted by molar-refractivity contribution is 5.07. The molecule has 1 aromatic rings. The molecule has 1 heterocycles. The smallest absolute Gasteiger partial charge is 0.230 e. The molecular formula is C16H27N3O2. The maximum atomic E-state index is 6.02. The fourth-order valence-corrected chi connectivity index (χ4v) is 4.04. The fourth-order valence-electron chi connectivity index (χ4n) is 4.04. The molecule has 0 saturated heterocycles. The summed E-state index contributed by atoms with van der Waals surface area (Å²) < 4.78 is 11.6. The molecule has 0 radical (unpaired) electrons. The summed E-state index contributed by atoms with van der Waals surface area (Å²) in [5, 5.41) is 4.28. The van der Waals surface area contributed by atoms with Gasteiger partial charge in [-0.2, -0.15) is 4.98 Å². The van der Waals surface area contributed by atoms with Gasteiger partial charge in [0.15, 0.2) is 0 Å². The number of nitrogens with zero attached hydrogens (tertiary/aromatic N) is 2. The summed E-state index contributed by atoms with van der Waals surface area (Å²) in [6, 6.07) is 0. The molecule has 0 spiro atoms. The Bertz CT molecular complexity index is 454. The van der Waals surface area contributed by atoms with E-state index in [0.29, 0.717) is 25.0 Å². The standard InChI is InChI=1S/C16H27N3O2/c1-2-20-16(9-5-6-10-16)15-18-14(21-19-15)13-8-4-3-7-12(13)11-17/h12-13H,2-11,17H2,1H3. The van der Waals surface area contributed by atoms with Crippen LogP contribution in [-0.4, -0.2) is 23.3 Å². The van der Waals surface area contributed by atoms with Gasteiger partial charge in [0, 0.05) is 12.5 Å². The average molecular weight is 293 g/mol. The van der Waals surface area contributed by atoms with Crippen molar-refractivity contribution in [1.29, 1.82) is 0 Å². The molecule has 1 aromatic heterocycles. The van der Waals surface area contributed by atoms with Crippen LogP contribution in [-0.2, 0) is 10.3 Å². The Labute approximate surface area is 126 Å². The SMILES string of the molecule is CCOC1(c2noc(C3CCCCC3CN)n2)CCCC1. The molecule has 0 aliphatic heterocycles. The topological polar surface area (TPSA) is 74.2 Å². The van der Waals surface area contributed by atoms with E-state index in [0.717, 1.165) is 31.0 Å². The zero-order chi connectivity index (χ0) is 14.7. The van der Waals surface area contributed by atoms with Gasteiger partial charge in [-0.15, -0.1) is 0 Å². The van der Waals surface area contributed by atoms with E-state index in [9.17, 15) is 0 Å². The number of aromatic nitrogens is 2. The van der Waals surface area contributed by atoms with Gasteiger partial charge in [-0.25, -0.2) is 0 Å². The van der Waals surface area contributed by atoms with Crippen LogP contribution in [0.3, 0.4) is 0 Å². The molecule has 2 aliphatic rings. The van der Waals surface area contributed by atoms with Crippen molar-refractivity contribution in [2.24, 2.45) is 11.7 Å². The normalized spacial score (nSPS) is 28.9. The van der Waals surface area contributed by atoms with Crippen LogP contribution < -0.4 is 5.73 Å². The minimum atomic E-state index is -0.302. The van der Waals surface area contributed by atoms with Crippen LogP contribution in [0.2, 0.25) is 0 Å². The maximum Gasteiger partial charge on any atom is 0.230 e. The van der Waals surface area contributed by atoms with Gasteiger partial charge < -0.3 is 15.0 Å². The van der Waals surface area contributed by atoms with E-state index in [2.05, 4.69) is 5.16 Å². The van der Waals surface area contributed by atoms with Crippen LogP contribution in [0.15, 0.2) is 4.52 Å². The minimum absolute atomic E-state index is 0.302. The predicted molar refractivity (Wildman–Crippen MR) is 79.8 cm³/mol. The van der Waals surface area contributed by atoms with Crippen molar-refractivity contribution in [3.63, 3.8) is 0 Å². The van der Waals surface area contributed by atoms with Crippen molar-refractivity contribution in [2.45, 2.75) is 69.8 Å². The first kappa shape index (κ1) is 15.0. The summed E-state index contributed by atoms with van der Waals surface area (Å²) >= 11 is 0. The molecular weight excluding hydrogens is 266 g/mol. The summed E-state index contributed by atoms with van der Waals surface area (Å²) in [6.45, 7) is 3.43. The van der Waals surface area contributed by atoms with Gasteiger partial charge in [-0.05, 0) is 57.9 Å². The van der Waals surface area contributed by atoms with Gasteiger partial charge in [0.2, 0.25) is 11.7 Å². The molecule has 118 valence electrons. The highest BCUT2D eigenvalue weighted by atomic mass is 16.5. The highest BCUT2D eigenvalue weighted by Gasteiger charge is 2.42. The molecule has 2 fully saturated rings. The molecule has 3 rings (SSSR count). The molecule has 2 atom stereocenters. The quantitative estimate of drug-likeness (QED) is 0.903. The third-order valence-electron chi connectivity index (χ3n) is 5.21. The zero-order valence-corrected chi connectivity index (χ0v) is 13.0.